The molecule has 0 aliphatic rings. The first-order valence-electron chi connectivity index (χ1n) is 8.06. The summed E-state index contributed by atoms with van der Waals surface area (Å²) >= 11 is 0. The molecule has 124 valence electrons. The Kier molecular flexibility index (Phi) is 4.48. The van der Waals surface area contributed by atoms with Crippen LogP contribution >= 0.6 is 0 Å². The fourth-order valence-corrected chi connectivity index (χ4v) is 2.86. The van der Waals surface area contributed by atoms with Gasteiger partial charge < -0.3 is 9.84 Å². The van der Waals surface area contributed by atoms with Gasteiger partial charge >= 0.3 is 0 Å². The van der Waals surface area contributed by atoms with Gasteiger partial charge in [-0.3, -0.25) is 0 Å². The monoisotopic (exact) mass is 312 g/mol. The maximum Gasteiger partial charge on any atom is 0.119 e. The van der Waals surface area contributed by atoms with Crippen molar-refractivity contribution in [2.45, 2.75) is 52.4 Å². The van der Waals surface area contributed by atoms with Gasteiger partial charge in [0, 0.05) is 0 Å². The van der Waals surface area contributed by atoms with Crippen molar-refractivity contribution >= 4 is 0 Å². The van der Waals surface area contributed by atoms with E-state index in [0.717, 1.165) is 11.3 Å². The Balaban J connectivity index is 2.87. The molecule has 0 radical (unpaired) electrons. The smallest absolute Gasteiger partial charge is 0.119 e. The van der Waals surface area contributed by atoms with E-state index >= 15 is 0 Å². The maximum absolute atomic E-state index is 9.62. The van der Waals surface area contributed by atoms with E-state index in [1.165, 1.54) is 16.7 Å². The van der Waals surface area contributed by atoms with Gasteiger partial charge in [0.2, 0.25) is 0 Å². The van der Waals surface area contributed by atoms with Crippen LogP contribution in [0.15, 0.2) is 36.4 Å². The quantitative estimate of drug-likeness (QED) is 0.775. The van der Waals surface area contributed by atoms with E-state index in [4.69, 9.17) is 4.74 Å². The van der Waals surface area contributed by atoms with Crippen molar-refractivity contribution < 1.29 is 9.84 Å². The van der Waals surface area contributed by atoms with Crippen molar-refractivity contribution in [1.82, 2.24) is 0 Å². The number of hydrogen-bond donors (Lipinski definition) is 1. The number of benzene rings is 2. The Morgan fingerprint density at radius 3 is 1.57 bits per heavy atom. The molecule has 2 aromatic rings. The molecule has 0 aliphatic carbocycles. The van der Waals surface area contributed by atoms with E-state index in [-0.39, 0.29) is 16.6 Å². The fraction of sp³-hybridized carbons (Fsp3) is 0.429. The van der Waals surface area contributed by atoms with Crippen LogP contribution in [0.5, 0.6) is 11.5 Å². The van der Waals surface area contributed by atoms with Crippen molar-refractivity contribution in [3.05, 3.63) is 47.5 Å². The predicted octanol–water partition coefficient (Wildman–Crippen LogP) is 5.66. The molecule has 23 heavy (non-hydrogen) atoms. The molecule has 0 unspecified atom stereocenters. The SMILES string of the molecule is COc1cc(C(C)(C)C)c(-c2ccc(O)cc2)c(C(C)(C)C)c1. The molecule has 2 heteroatoms. The van der Waals surface area contributed by atoms with Crippen LogP contribution in [0.25, 0.3) is 11.1 Å². The number of phenols is 1. The van der Waals surface area contributed by atoms with E-state index in [9.17, 15) is 5.11 Å². The Hall–Kier alpha value is -1.96. The number of ether oxygens (including phenoxy) is 1. The Morgan fingerprint density at radius 2 is 1.22 bits per heavy atom. The Morgan fingerprint density at radius 1 is 0.783 bits per heavy atom. The summed E-state index contributed by atoms with van der Waals surface area (Å²) in [6.07, 6.45) is 0. The van der Waals surface area contributed by atoms with Crippen LogP contribution in [-0.4, -0.2) is 12.2 Å². The largest absolute Gasteiger partial charge is 0.508 e. The van der Waals surface area contributed by atoms with E-state index in [1.54, 1.807) is 19.2 Å². The molecule has 0 fully saturated rings. The molecule has 2 aromatic carbocycles. The van der Waals surface area contributed by atoms with Crippen LogP contribution in [0.1, 0.15) is 52.7 Å². The minimum absolute atomic E-state index is 0.0121. The van der Waals surface area contributed by atoms with Gasteiger partial charge in [-0.05, 0) is 57.3 Å². The highest BCUT2D eigenvalue weighted by molar-refractivity contribution is 5.75. The van der Waals surface area contributed by atoms with Gasteiger partial charge in [0.05, 0.1) is 7.11 Å². The molecule has 2 nitrogen and oxygen atoms in total. The summed E-state index contributed by atoms with van der Waals surface area (Å²) in [5, 5.41) is 9.62. The first-order valence-corrected chi connectivity index (χ1v) is 8.06. The van der Waals surface area contributed by atoms with Crippen LogP contribution in [0.4, 0.5) is 0 Å². The third-order valence-corrected chi connectivity index (χ3v) is 4.12. The first-order chi connectivity index (χ1) is 10.5. The number of methoxy groups -OCH3 is 1. The summed E-state index contributed by atoms with van der Waals surface area (Å²) in [6.45, 7) is 13.3. The number of phenolic OH excluding ortho intramolecular Hbond substituents is 1. The topological polar surface area (TPSA) is 29.5 Å². The van der Waals surface area contributed by atoms with Crippen LogP contribution in [0, 0.1) is 0 Å². The summed E-state index contributed by atoms with van der Waals surface area (Å²) in [6, 6.07) is 11.7. The molecular formula is C21H28O2. The van der Waals surface area contributed by atoms with Crippen LogP contribution in [0.2, 0.25) is 0 Å². The van der Waals surface area contributed by atoms with Crippen molar-refractivity contribution in [3.63, 3.8) is 0 Å². The Labute approximate surface area is 140 Å². The molecule has 0 atom stereocenters. The lowest BCUT2D eigenvalue weighted by Gasteiger charge is -2.31. The van der Waals surface area contributed by atoms with Gasteiger partial charge in [-0.15, -0.1) is 0 Å². The zero-order valence-corrected chi connectivity index (χ0v) is 15.3. The van der Waals surface area contributed by atoms with Crippen molar-refractivity contribution in [2.24, 2.45) is 0 Å². The second-order valence-corrected chi connectivity index (χ2v) is 8.14. The van der Waals surface area contributed by atoms with E-state index in [0.29, 0.717) is 0 Å². The fourth-order valence-electron chi connectivity index (χ4n) is 2.86. The standard InChI is InChI=1S/C21H28O2/c1-20(2,3)17-12-16(23-7)13-18(21(4,5)6)19(17)14-8-10-15(22)11-9-14/h8-13,22H,1-7H3. The minimum atomic E-state index is -0.0121. The summed E-state index contributed by atoms with van der Waals surface area (Å²) in [5.41, 5.74) is 4.86. The molecule has 0 bridgehead atoms. The van der Waals surface area contributed by atoms with Crippen LogP contribution in [0.3, 0.4) is 0 Å². The lowest BCUT2D eigenvalue weighted by molar-refractivity contribution is 0.410. The van der Waals surface area contributed by atoms with E-state index < -0.39 is 0 Å². The number of rotatable bonds is 2. The molecule has 0 saturated heterocycles. The molecule has 0 aromatic heterocycles. The molecular weight excluding hydrogens is 284 g/mol. The zero-order chi connectivity index (χ0) is 17.4. The van der Waals surface area contributed by atoms with Gasteiger partial charge in [0.1, 0.15) is 11.5 Å². The molecule has 0 amide bonds. The summed E-state index contributed by atoms with van der Waals surface area (Å²) < 4.78 is 5.56. The molecule has 0 spiro atoms. The third kappa shape index (κ3) is 3.69. The summed E-state index contributed by atoms with van der Waals surface area (Å²) in [5.74, 6) is 1.18. The lowest BCUT2D eigenvalue weighted by atomic mass is 9.74. The first kappa shape index (κ1) is 17.4. The number of hydrogen-bond acceptors (Lipinski definition) is 2. The van der Waals surface area contributed by atoms with E-state index in [2.05, 4.69) is 53.7 Å². The molecule has 1 N–H and O–H groups in total. The zero-order valence-electron chi connectivity index (χ0n) is 15.3. The van der Waals surface area contributed by atoms with Gasteiger partial charge in [0.25, 0.3) is 0 Å². The minimum Gasteiger partial charge on any atom is -0.508 e. The van der Waals surface area contributed by atoms with Crippen molar-refractivity contribution in [3.8, 4) is 22.6 Å². The van der Waals surface area contributed by atoms with Crippen molar-refractivity contribution in [1.29, 1.82) is 0 Å². The highest BCUT2D eigenvalue weighted by Crippen LogP contribution is 2.43. The van der Waals surface area contributed by atoms with Crippen molar-refractivity contribution in [2.75, 3.05) is 7.11 Å². The molecule has 2 rings (SSSR count). The molecule has 0 heterocycles. The second kappa shape index (κ2) is 5.92. The maximum atomic E-state index is 9.62. The van der Waals surface area contributed by atoms with Gasteiger partial charge in [-0.1, -0.05) is 53.7 Å². The Bertz CT molecular complexity index is 648. The summed E-state index contributed by atoms with van der Waals surface area (Å²) in [4.78, 5) is 0. The van der Waals surface area contributed by atoms with Gasteiger partial charge in [0.15, 0.2) is 0 Å². The highest BCUT2D eigenvalue weighted by Gasteiger charge is 2.27. The average Bonchev–Trinajstić information content (AvgIpc) is 2.45. The van der Waals surface area contributed by atoms with Gasteiger partial charge in [-0.25, -0.2) is 0 Å². The molecule has 0 aliphatic heterocycles. The lowest BCUT2D eigenvalue weighted by Crippen LogP contribution is -2.19. The van der Waals surface area contributed by atoms with E-state index in [1.807, 2.05) is 12.1 Å². The average molecular weight is 312 g/mol. The second-order valence-electron chi connectivity index (χ2n) is 8.14. The van der Waals surface area contributed by atoms with Gasteiger partial charge in [-0.2, -0.15) is 0 Å². The predicted molar refractivity (Wildman–Crippen MR) is 97.5 cm³/mol. The normalized spacial score (nSPS) is 12.3. The number of aromatic hydroxyl groups is 1. The van der Waals surface area contributed by atoms with Crippen LogP contribution in [-0.2, 0) is 10.8 Å². The third-order valence-electron chi connectivity index (χ3n) is 4.12. The highest BCUT2D eigenvalue weighted by atomic mass is 16.5. The summed E-state index contributed by atoms with van der Waals surface area (Å²) in [7, 11) is 1.72. The van der Waals surface area contributed by atoms with Crippen LogP contribution < -0.4 is 4.74 Å². The molecule has 0 saturated carbocycles.